The van der Waals surface area contributed by atoms with Gasteiger partial charge in [-0.2, -0.15) is 10.2 Å². The summed E-state index contributed by atoms with van der Waals surface area (Å²) in [4.78, 5) is 36.0. The number of benzene rings is 1. The lowest BCUT2D eigenvalue weighted by Crippen LogP contribution is -2.39. The topological polar surface area (TPSA) is 147 Å². The Balaban J connectivity index is 1.49. The minimum Gasteiger partial charge on any atom is -0.478 e. The minimum absolute atomic E-state index is 0.00849. The third-order valence-corrected chi connectivity index (χ3v) is 4.93. The van der Waals surface area contributed by atoms with Crippen LogP contribution in [0.4, 0.5) is 5.69 Å². The van der Waals surface area contributed by atoms with Crippen LogP contribution < -0.4 is 0 Å². The van der Waals surface area contributed by atoms with Gasteiger partial charge in [-0.25, -0.2) is 4.79 Å². The summed E-state index contributed by atoms with van der Waals surface area (Å²) in [5.74, 6) is -1.32. The first-order chi connectivity index (χ1) is 13.4. The molecule has 3 heterocycles. The molecule has 1 saturated heterocycles. The van der Waals surface area contributed by atoms with Gasteiger partial charge in [-0.05, 0) is 18.9 Å². The maximum absolute atomic E-state index is 12.9. The van der Waals surface area contributed by atoms with E-state index >= 15 is 0 Å². The molecule has 2 aromatic heterocycles. The summed E-state index contributed by atoms with van der Waals surface area (Å²) >= 11 is 0. The molecule has 0 radical (unpaired) electrons. The standard InChI is InChI=1S/C17H16N6O5/c24-16(15-13-7-12(23(27)28)1-2-14(13)19-20-15)21-5-3-11(4-6-21)22-9-10(8-18-22)17(25)26/h1-2,7-9,11H,3-6H2,(H,19,20)(H,25,26). The first-order valence-electron chi connectivity index (χ1n) is 8.63. The molecule has 0 aliphatic carbocycles. The fourth-order valence-corrected chi connectivity index (χ4v) is 3.41. The van der Waals surface area contributed by atoms with E-state index in [1.165, 1.54) is 30.6 Å². The number of amides is 1. The Morgan fingerprint density at radius 3 is 2.68 bits per heavy atom. The van der Waals surface area contributed by atoms with Gasteiger partial charge in [0.15, 0.2) is 5.69 Å². The maximum atomic E-state index is 12.9. The van der Waals surface area contributed by atoms with E-state index in [1.807, 2.05) is 0 Å². The van der Waals surface area contributed by atoms with E-state index < -0.39 is 10.9 Å². The molecule has 1 fully saturated rings. The molecule has 1 aromatic carbocycles. The number of hydrogen-bond acceptors (Lipinski definition) is 6. The molecular weight excluding hydrogens is 368 g/mol. The van der Waals surface area contributed by atoms with Crippen molar-refractivity contribution in [3.63, 3.8) is 0 Å². The van der Waals surface area contributed by atoms with E-state index in [9.17, 15) is 19.7 Å². The quantitative estimate of drug-likeness (QED) is 0.515. The highest BCUT2D eigenvalue weighted by Gasteiger charge is 2.28. The Kier molecular flexibility index (Phi) is 4.26. The molecule has 0 saturated carbocycles. The van der Waals surface area contributed by atoms with Gasteiger partial charge in [0.25, 0.3) is 11.6 Å². The van der Waals surface area contributed by atoms with Crippen LogP contribution in [0.5, 0.6) is 0 Å². The third kappa shape index (κ3) is 3.06. The smallest absolute Gasteiger partial charge is 0.338 e. The number of rotatable bonds is 4. The number of aromatic amines is 1. The number of aromatic nitrogens is 4. The molecule has 144 valence electrons. The number of fused-ring (bicyclic) bond motifs is 1. The Hall–Kier alpha value is -3.76. The number of nitrogens with zero attached hydrogens (tertiary/aromatic N) is 5. The largest absolute Gasteiger partial charge is 0.478 e. The van der Waals surface area contributed by atoms with Gasteiger partial charge >= 0.3 is 5.97 Å². The summed E-state index contributed by atoms with van der Waals surface area (Å²) < 4.78 is 1.62. The summed E-state index contributed by atoms with van der Waals surface area (Å²) in [6, 6.07) is 4.24. The zero-order valence-corrected chi connectivity index (χ0v) is 14.6. The van der Waals surface area contributed by atoms with Crippen LogP contribution in [0.25, 0.3) is 10.9 Å². The van der Waals surface area contributed by atoms with Gasteiger partial charge in [0.2, 0.25) is 0 Å². The number of non-ortho nitro benzene ring substituents is 1. The van der Waals surface area contributed by atoms with Gasteiger partial charge in [0.05, 0.1) is 28.2 Å². The molecule has 0 unspecified atom stereocenters. The number of carboxylic acid groups (broad SMARTS) is 1. The van der Waals surface area contributed by atoms with Crippen molar-refractivity contribution >= 4 is 28.5 Å². The number of nitro benzene ring substituents is 1. The zero-order chi connectivity index (χ0) is 19.8. The van der Waals surface area contributed by atoms with Gasteiger partial charge in [-0.1, -0.05) is 0 Å². The van der Waals surface area contributed by atoms with E-state index in [4.69, 9.17) is 5.11 Å². The predicted molar refractivity (Wildman–Crippen MR) is 96.1 cm³/mol. The summed E-state index contributed by atoms with van der Waals surface area (Å²) in [5.41, 5.74) is 0.739. The van der Waals surface area contributed by atoms with Crippen molar-refractivity contribution in [3.8, 4) is 0 Å². The highest BCUT2D eigenvalue weighted by molar-refractivity contribution is 6.05. The minimum atomic E-state index is -1.03. The Morgan fingerprint density at radius 1 is 1.29 bits per heavy atom. The van der Waals surface area contributed by atoms with Crippen molar-refractivity contribution < 1.29 is 19.6 Å². The van der Waals surface area contributed by atoms with Crippen molar-refractivity contribution in [1.29, 1.82) is 0 Å². The van der Waals surface area contributed by atoms with Crippen LogP contribution in [0.1, 0.15) is 39.7 Å². The van der Waals surface area contributed by atoms with Crippen LogP contribution >= 0.6 is 0 Å². The molecule has 1 aliphatic rings. The molecule has 3 aromatic rings. The molecule has 2 N–H and O–H groups in total. The number of carbonyl (C=O) groups is 2. The highest BCUT2D eigenvalue weighted by atomic mass is 16.6. The molecule has 4 rings (SSSR count). The van der Waals surface area contributed by atoms with E-state index in [0.29, 0.717) is 36.8 Å². The van der Waals surface area contributed by atoms with Gasteiger partial charge in [-0.15, -0.1) is 0 Å². The number of aromatic carboxylic acids is 1. The molecule has 11 nitrogen and oxygen atoms in total. The van der Waals surface area contributed by atoms with Gasteiger partial charge in [-0.3, -0.25) is 24.7 Å². The lowest BCUT2D eigenvalue weighted by Gasteiger charge is -2.31. The first-order valence-corrected chi connectivity index (χ1v) is 8.63. The predicted octanol–water partition coefficient (Wildman–Crippen LogP) is 1.84. The number of likely N-dealkylation sites (tertiary alicyclic amines) is 1. The second-order valence-electron chi connectivity index (χ2n) is 6.60. The number of carbonyl (C=O) groups excluding carboxylic acids is 1. The second-order valence-corrected chi connectivity index (χ2v) is 6.60. The lowest BCUT2D eigenvalue weighted by molar-refractivity contribution is -0.384. The second kappa shape index (κ2) is 6.76. The number of carboxylic acids is 1. The SMILES string of the molecule is O=C(O)c1cnn(C2CCN(C(=O)c3n[nH]c4ccc([N+](=O)[O-])cc34)CC2)c1. The molecule has 28 heavy (non-hydrogen) atoms. The van der Waals surface area contributed by atoms with E-state index in [1.54, 1.807) is 9.58 Å². The number of nitro groups is 1. The normalized spacial score (nSPS) is 15.1. The lowest BCUT2D eigenvalue weighted by atomic mass is 10.0. The molecule has 0 spiro atoms. The van der Waals surface area contributed by atoms with Crippen LogP contribution in [0.2, 0.25) is 0 Å². The van der Waals surface area contributed by atoms with Crippen molar-refractivity contribution in [2.24, 2.45) is 0 Å². The fraction of sp³-hybridized carbons (Fsp3) is 0.294. The third-order valence-electron chi connectivity index (χ3n) is 4.93. The van der Waals surface area contributed by atoms with Crippen molar-refractivity contribution in [2.75, 3.05) is 13.1 Å². The average Bonchev–Trinajstić information content (AvgIpc) is 3.34. The number of H-pyrrole nitrogens is 1. The van der Waals surface area contributed by atoms with Crippen LogP contribution in [0, 0.1) is 10.1 Å². The molecular formula is C17H16N6O5. The van der Waals surface area contributed by atoms with Crippen molar-refractivity contribution in [2.45, 2.75) is 18.9 Å². The van der Waals surface area contributed by atoms with Crippen LogP contribution in [-0.2, 0) is 0 Å². The Labute approximate surface area is 157 Å². The summed E-state index contributed by atoms with van der Waals surface area (Å²) in [5, 5.41) is 31.3. The summed E-state index contributed by atoms with van der Waals surface area (Å²) in [7, 11) is 0. The van der Waals surface area contributed by atoms with Gasteiger partial charge < -0.3 is 10.0 Å². The molecule has 11 heteroatoms. The van der Waals surface area contributed by atoms with Crippen LogP contribution in [0.3, 0.4) is 0 Å². The van der Waals surface area contributed by atoms with Gasteiger partial charge in [0, 0.05) is 36.8 Å². The van der Waals surface area contributed by atoms with Crippen LogP contribution in [0.15, 0.2) is 30.6 Å². The van der Waals surface area contributed by atoms with Crippen molar-refractivity contribution in [1.82, 2.24) is 24.9 Å². The summed E-state index contributed by atoms with van der Waals surface area (Å²) in [6.07, 6.45) is 4.04. The summed E-state index contributed by atoms with van der Waals surface area (Å²) in [6.45, 7) is 0.907. The molecule has 0 atom stereocenters. The monoisotopic (exact) mass is 384 g/mol. The number of nitrogens with one attached hydrogen (secondary N) is 1. The first kappa shape index (κ1) is 17.6. The molecule has 1 aliphatic heterocycles. The fourth-order valence-electron chi connectivity index (χ4n) is 3.41. The van der Waals surface area contributed by atoms with Gasteiger partial charge in [0.1, 0.15) is 0 Å². The average molecular weight is 384 g/mol. The Bertz CT molecular complexity index is 1080. The van der Waals surface area contributed by atoms with E-state index in [2.05, 4.69) is 15.3 Å². The molecule has 0 bridgehead atoms. The highest BCUT2D eigenvalue weighted by Crippen LogP contribution is 2.26. The zero-order valence-electron chi connectivity index (χ0n) is 14.6. The van der Waals surface area contributed by atoms with E-state index in [0.717, 1.165) is 0 Å². The van der Waals surface area contributed by atoms with Crippen molar-refractivity contribution in [3.05, 3.63) is 52.0 Å². The number of hydrogen-bond donors (Lipinski definition) is 2. The number of piperidine rings is 1. The Morgan fingerprint density at radius 2 is 2.04 bits per heavy atom. The maximum Gasteiger partial charge on any atom is 0.338 e. The van der Waals surface area contributed by atoms with Crippen LogP contribution in [-0.4, -0.2) is 59.9 Å². The van der Waals surface area contributed by atoms with E-state index in [-0.39, 0.29) is 28.9 Å². The molecule has 1 amide bonds.